The van der Waals surface area contributed by atoms with E-state index in [9.17, 15) is 29.1 Å². The molecular formula is C33H43N5O7. The minimum Gasteiger partial charge on any atom is -0.481 e. The van der Waals surface area contributed by atoms with Gasteiger partial charge in [-0.2, -0.15) is 0 Å². The maximum absolute atomic E-state index is 13.9. The number of aliphatic carboxylic acids is 1. The van der Waals surface area contributed by atoms with E-state index in [1.807, 2.05) is 51.1 Å². The highest BCUT2D eigenvalue weighted by Gasteiger charge is 2.44. The van der Waals surface area contributed by atoms with Gasteiger partial charge in [0.2, 0.25) is 5.91 Å². The smallest absolute Gasteiger partial charge is 0.410 e. The average Bonchev–Trinajstić information content (AvgIpc) is 3.46. The van der Waals surface area contributed by atoms with Crippen molar-refractivity contribution in [1.82, 2.24) is 25.5 Å². The summed E-state index contributed by atoms with van der Waals surface area (Å²) in [4.78, 5) is 74.9. The fraction of sp³-hybridized carbons (Fsp3) is 0.545. The van der Waals surface area contributed by atoms with Crippen LogP contribution in [0.3, 0.4) is 0 Å². The molecule has 3 amide bonds. The van der Waals surface area contributed by atoms with Gasteiger partial charge in [0.1, 0.15) is 12.3 Å². The van der Waals surface area contributed by atoms with E-state index in [-0.39, 0.29) is 43.5 Å². The van der Waals surface area contributed by atoms with Gasteiger partial charge >= 0.3 is 12.1 Å². The quantitative estimate of drug-likeness (QED) is 0.339. The molecule has 4 rings (SSSR count). The van der Waals surface area contributed by atoms with Crippen LogP contribution in [0.25, 0.3) is 0 Å². The first-order valence-electron chi connectivity index (χ1n) is 15.5. The van der Waals surface area contributed by atoms with Gasteiger partial charge in [0, 0.05) is 37.8 Å². The molecule has 1 aromatic heterocycles. The number of rotatable bonds is 11. The second-order valence-corrected chi connectivity index (χ2v) is 13.0. The number of carboxylic acid groups (broad SMARTS) is 1. The Morgan fingerprint density at radius 3 is 2.36 bits per heavy atom. The van der Waals surface area contributed by atoms with Crippen LogP contribution in [0.1, 0.15) is 75.3 Å². The van der Waals surface area contributed by atoms with Crippen molar-refractivity contribution in [2.45, 2.75) is 78.0 Å². The molecule has 2 unspecified atom stereocenters. The topological polar surface area (TPSA) is 168 Å². The van der Waals surface area contributed by atoms with Crippen LogP contribution in [-0.2, 0) is 25.7 Å². The number of carbonyl (C=O) groups is 5. The molecular weight excluding hydrogens is 578 g/mol. The largest absolute Gasteiger partial charge is 0.481 e. The maximum Gasteiger partial charge on any atom is 0.410 e. The Kier molecular flexibility index (Phi) is 11.2. The fourth-order valence-electron chi connectivity index (χ4n) is 6.12. The summed E-state index contributed by atoms with van der Waals surface area (Å²) in [5.74, 6) is -4.33. The van der Waals surface area contributed by atoms with E-state index >= 15 is 0 Å². The highest BCUT2D eigenvalue weighted by Crippen LogP contribution is 2.33. The van der Waals surface area contributed by atoms with Gasteiger partial charge in [-0.25, -0.2) is 9.78 Å². The third-order valence-corrected chi connectivity index (χ3v) is 8.75. The van der Waals surface area contributed by atoms with Crippen LogP contribution in [0.15, 0.2) is 48.9 Å². The molecule has 0 radical (unpaired) electrons. The summed E-state index contributed by atoms with van der Waals surface area (Å²) in [6, 6.07) is 7.45. The summed E-state index contributed by atoms with van der Waals surface area (Å²) < 4.78 is 5.39. The minimum absolute atomic E-state index is 0.0364. The van der Waals surface area contributed by atoms with Crippen LogP contribution in [-0.4, -0.2) is 74.8 Å². The third-order valence-electron chi connectivity index (χ3n) is 8.75. The number of carboxylic acids is 1. The highest BCUT2D eigenvalue weighted by molar-refractivity contribution is 5.97. The number of amides is 3. The van der Waals surface area contributed by atoms with Gasteiger partial charge < -0.3 is 25.4 Å². The van der Waals surface area contributed by atoms with E-state index in [1.165, 1.54) is 23.5 Å². The molecule has 12 nitrogen and oxygen atoms in total. The number of benzene rings is 1. The number of ketones is 1. The minimum atomic E-state index is -1.15. The van der Waals surface area contributed by atoms with E-state index in [0.717, 1.165) is 37.7 Å². The zero-order chi connectivity index (χ0) is 32.6. The first-order valence-corrected chi connectivity index (χ1v) is 15.5. The Morgan fingerprint density at radius 2 is 1.73 bits per heavy atom. The summed E-state index contributed by atoms with van der Waals surface area (Å²) in [7, 11) is 0. The molecule has 1 saturated carbocycles. The summed E-state index contributed by atoms with van der Waals surface area (Å²) in [6.45, 7) is 5.40. The van der Waals surface area contributed by atoms with Crippen molar-refractivity contribution in [1.29, 1.82) is 0 Å². The van der Waals surface area contributed by atoms with Crippen molar-refractivity contribution in [3.05, 3.63) is 60.2 Å². The van der Waals surface area contributed by atoms with Crippen molar-refractivity contribution in [3.63, 3.8) is 0 Å². The fourth-order valence-corrected chi connectivity index (χ4v) is 6.12. The standard InChI is InChI=1S/C33H43N5O7/c1-33(2,3)24(16-27(39)28(22-12-8-5-9-13-22)37-30(41)25-17-34-14-15-35-25)29(40)36-26-19-38(18-23(26)31(42)43)32(44)45-20-21-10-6-4-7-11-21/h4,6-7,10-11,14-15,17,22-24,26,28H,5,8-9,12-13,16,18-20H2,1-3H3,(H,36,40)(H,37,41)(H,42,43)/t23-,24?,26?,28+/m1/s1. The second kappa shape index (κ2) is 15.1. The number of likely N-dealkylation sites (tertiary alicyclic amines) is 1. The monoisotopic (exact) mass is 621 g/mol. The lowest BCUT2D eigenvalue weighted by Crippen LogP contribution is -2.51. The first kappa shape index (κ1) is 33.5. The van der Waals surface area contributed by atoms with Gasteiger partial charge in [0.15, 0.2) is 5.78 Å². The Hall–Kier alpha value is -4.35. The van der Waals surface area contributed by atoms with Gasteiger partial charge in [0.25, 0.3) is 5.91 Å². The summed E-state index contributed by atoms with van der Waals surface area (Å²) in [5.41, 5.74) is 0.225. The molecule has 1 aliphatic heterocycles. The van der Waals surface area contributed by atoms with Crippen molar-refractivity contribution in [2.75, 3.05) is 13.1 Å². The van der Waals surface area contributed by atoms with Gasteiger partial charge in [-0.3, -0.25) is 24.2 Å². The second-order valence-electron chi connectivity index (χ2n) is 13.0. The van der Waals surface area contributed by atoms with E-state index < -0.39 is 53.2 Å². The number of Topliss-reactive ketones (excluding diaryl/α,β-unsaturated/α-hetero) is 1. The van der Waals surface area contributed by atoms with Crippen LogP contribution in [0.2, 0.25) is 0 Å². The van der Waals surface area contributed by atoms with Crippen molar-refractivity contribution in [2.24, 2.45) is 23.2 Å². The van der Waals surface area contributed by atoms with Gasteiger partial charge in [0.05, 0.1) is 24.2 Å². The molecule has 2 aliphatic rings. The molecule has 4 atom stereocenters. The van der Waals surface area contributed by atoms with Crippen molar-refractivity contribution in [3.8, 4) is 0 Å². The maximum atomic E-state index is 13.9. The molecule has 3 N–H and O–H groups in total. The number of hydrogen-bond acceptors (Lipinski definition) is 8. The average molecular weight is 622 g/mol. The van der Waals surface area contributed by atoms with Crippen LogP contribution in [0.4, 0.5) is 4.79 Å². The van der Waals surface area contributed by atoms with E-state index in [4.69, 9.17) is 4.74 Å². The predicted molar refractivity (Wildman–Crippen MR) is 164 cm³/mol. The summed E-state index contributed by atoms with van der Waals surface area (Å²) >= 11 is 0. The number of nitrogens with zero attached hydrogens (tertiary/aromatic N) is 3. The first-order chi connectivity index (χ1) is 21.4. The molecule has 0 spiro atoms. The zero-order valence-corrected chi connectivity index (χ0v) is 26.1. The van der Waals surface area contributed by atoms with Gasteiger partial charge in [-0.05, 0) is 29.7 Å². The lowest BCUT2D eigenvalue weighted by Gasteiger charge is -2.34. The van der Waals surface area contributed by atoms with Crippen LogP contribution >= 0.6 is 0 Å². The Bertz CT molecular complexity index is 1340. The summed E-state index contributed by atoms with van der Waals surface area (Å²) in [6.07, 6.45) is 7.90. The Labute approximate surface area is 263 Å². The van der Waals surface area contributed by atoms with Crippen LogP contribution in [0.5, 0.6) is 0 Å². The van der Waals surface area contributed by atoms with E-state index in [1.54, 1.807) is 0 Å². The van der Waals surface area contributed by atoms with Crippen LogP contribution in [0, 0.1) is 23.2 Å². The lowest BCUT2D eigenvalue weighted by atomic mass is 9.74. The normalized spacial score (nSPS) is 20.1. The third kappa shape index (κ3) is 9.09. The number of hydrogen-bond donors (Lipinski definition) is 3. The molecule has 1 aromatic carbocycles. The van der Waals surface area contributed by atoms with Gasteiger partial charge in [-0.1, -0.05) is 70.4 Å². The number of carbonyl (C=O) groups excluding carboxylic acids is 4. The summed E-state index contributed by atoms with van der Waals surface area (Å²) in [5, 5.41) is 15.6. The lowest BCUT2D eigenvalue weighted by molar-refractivity contribution is -0.142. The number of nitrogens with one attached hydrogen (secondary N) is 2. The van der Waals surface area contributed by atoms with E-state index in [0.29, 0.717) is 0 Å². The Morgan fingerprint density at radius 1 is 1.02 bits per heavy atom. The Balaban J connectivity index is 1.45. The molecule has 2 aromatic rings. The molecule has 1 aliphatic carbocycles. The molecule has 1 saturated heterocycles. The van der Waals surface area contributed by atoms with Crippen molar-refractivity contribution < 1.29 is 33.8 Å². The van der Waals surface area contributed by atoms with Crippen LogP contribution < -0.4 is 10.6 Å². The number of aromatic nitrogens is 2. The molecule has 0 bridgehead atoms. The van der Waals surface area contributed by atoms with E-state index in [2.05, 4.69) is 20.6 Å². The SMILES string of the molecule is CC(C)(C)C(CC(=O)[C@@H](NC(=O)c1cnccn1)C1CCCCC1)C(=O)NC1CN(C(=O)OCc2ccccc2)C[C@H]1C(=O)O. The highest BCUT2D eigenvalue weighted by atomic mass is 16.6. The predicted octanol–water partition coefficient (Wildman–Crippen LogP) is 3.61. The van der Waals surface area contributed by atoms with Crippen molar-refractivity contribution >= 4 is 29.7 Å². The van der Waals surface area contributed by atoms with Gasteiger partial charge in [-0.15, -0.1) is 0 Å². The molecule has 2 heterocycles. The molecule has 242 valence electrons. The molecule has 12 heteroatoms. The molecule has 45 heavy (non-hydrogen) atoms. The molecule has 2 fully saturated rings. The zero-order valence-electron chi connectivity index (χ0n) is 26.1. The number of ether oxygens (including phenoxy) is 1.